The van der Waals surface area contributed by atoms with Gasteiger partial charge in [-0.15, -0.1) is 0 Å². The van der Waals surface area contributed by atoms with Crippen LogP contribution in [0.1, 0.15) is 56.7 Å². The van der Waals surface area contributed by atoms with Crippen LogP contribution in [0.3, 0.4) is 0 Å². The maximum Gasteiger partial charge on any atom is 0.416 e. The zero-order chi connectivity index (χ0) is 30.0. The fourth-order valence-corrected chi connectivity index (χ4v) is 5.45. The van der Waals surface area contributed by atoms with E-state index >= 15 is 0 Å². The van der Waals surface area contributed by atoms with E-state index in [4.69, 9.17) is 11.6 Å². The Balaban J connectivity index is 1.42. The largest absolute Gasteiger partial charge is 0.416 e. The maximum absolute atomic E-state index is 13.6. The number of fused-ring (bicyclic) bond motifs is 1. The van der Waals surface area contributed by atoms with Crippen LogP contribution in [0.15, 0.2) is 79.0 Å². The summed E-state index contributed by atoms with van der Waals surface area (Å²) in [5.41, 5.74) is -0.746. The lowest BCUT2D eigenvalue weighted by Gasteiger charge is -2.40. The predicted octanol–water partition coefficient (Wildman–Crippen LogP) is 7.49. The molecule has 218 valence electrons. The molecule has 0 bridgehead atoms. The molecule has 2 heterocycles. The van der Waals surface area contributed by atoms with Gasteiger partial charge < -0.3 is 10.2 Å². The van der Waals surface area contributed by atoms with Crippen molar-refractivity contribution >= 4 is 34.3 Å². The van der Waals surface area contributed by atoms with E-state index in [0.717, 1.165) is 11.6 Å². The fourth-order valence-electron chi connectivity index (χ4n) is 5.32. The summed E-state index contributed by atoms with van der Waals surface area (Å²) in [6, 6.07) is 16.6. The monoisotopic (exact) mass is 601 g/mol. The van der Waals surface area contributed by atoms with E-state index in [0.29, 0.717) is 52.9 Å². The van der Waals surface area contributed by atoms with Crippen LogP contribution in [0.25, 0.3) is 10.9 Å². The second kappa shape index (κ2) is 12.1. The molecule has 3 aromatic carbocycles. The summed E-state index contributed by atoms with van der Waals surface area (Å²) in [6.45, 7) is 0.0966. The summed E-state index contributed by atoms with van der Waals surface area (Å²) in [5, 5.41) is 4.22. The number of piperidine rings is 1. The molecule has 2 amide bonds. The minimum Gasteiger partial charge on any atom is -0.349 e. The van der Waals surface area contributed by atoms with Gasteiger partial charge in [0.05, 0.1) is 16.6 Å². The first-order chi connectivity index (χ1) is 20.0. The number of benzene rings is 3. The lowest BCUT2D eigenvalue weighted by molar-refractivity contribution is -0.137. The standard InChI is InChI=1S/C31H25ClF5N3O2/c32-22-7-5-18(6-8-22)13-24-17-23(39-29(41)26-9-11-38-27-4-2-1-3-25(26)27)10-12-40(24)30(42)20-14-19(28(33)34)15-21(16-20)31(35,36)37/h1-9,11,14-16,23-24,28H,10,12-13,17H2,(H,39,41)/t23-,24+/m0/s1. The van der Waals surface area contributed by atoms with Crippen LogP contribution in [0.5, 0.6) is 0 Å². The molecule has 42 heavy (non-hydrogen) atoms. The van der Waals surface area contributed by atoms with Gasteiger partial charge in [0, 0.05) is 46.4 Å². The number of pyridine rings is 1. The Hall–Kier alpha value is -4.05. The van der Waals surface area contributed by atoms with Crippen molar-refractivity contribution in [3.63, 3.8) is 0 Å². The molecule has 5 rings (SSSR count). The molecule has 0 aliphatic carbocycles. The van der Waals surface area contributed by atoms with Gasteiger partial charge in [-0.3, -0.25) is 14.6 Å². The lowest BCUT2D eigenvalue weighted by atomic mass is 9.91. The molecule has 1 fully saturated rings. The molecule has 0 unspecified atom stereocenters. The molecular weight excluding hydrogens is 577 g/mol. The number of hydrogen-bond acceptors (Lipinski definition) is 3. The highest BCUT2D eigenvalue weighted by atomic mass is 35.5. The van der Waals surface area contributed by atoms with Crippen molar-refractivity contribution in [3.05, 3.63) is 112 Å². The number of aromatic nitrogens is 1. The Morgan fingerprint density at radius 3 is 2.48 bits per heavy atom. The molecular formula is C31H25ClF5N3O2. The highest BCUT2D eigenvalue weighted by Crippen LogP contribution is 2.34. The van der Waals surface area contributed by atoms with Crippen molar-refractivity contribution in [2.24, 2.45) is 0 Å². The van der Waals surface area contributed by atoms with E-state index in [-0.39, 0.29) is 18.5 Å². The van der Waals surface area contributed by atoms with Crippen molar-refractivity contribution in [1.29, 1.82) is 0 Å². The van der Waals surface area contributed by atoms with Crippen molar-refractivity contribution in [1.82, 2.24) is 15.2 Å². The van der Waals surface area contributed by atoms with E-state index in [9.17, 15) is 31.5 Å². The molecule has 11 heteroatoms. The molecule has 4 aromatic rings. The Morgan fingerprint density at radius 1 is 1.02 bits per heavy atom. The van der Waals surface area contributed by atoms with Crippen LogP contribution < -0.4 is 5.32 Å². The summed E-state index contributed by atoms with van der Waals surface area (Å²) in [6.07, 6.45) is -5.62. The second-order valence-electron chi connectivity index (χ2n) is 10.2. The normalized spacial score (nSPS) is 17.5. The molecule has 2 atom stereocenters. The molecule has 1 saturated heterocycles. The van der Waals surface area contributed by atoms with E-state index in [2.05, 4.69) is 10.3 Å². The number of nitrogens with one attached hydrogen (secondary N) is 1. The van der Waals surface area contributed by atoms with E-state index in [1.54, 1.807) is 54.7 Å². The quantitative estimate of drug-likeness (QED) is 0.233. The highest BCUT2D eigenvalue weighted by molar-refractivity contribution is 6.30. The average Bonchev–Trinajstić information content (AvgIpc) is 2.97. The zero-order valence-electron chi connectivity index (χ0n) is 22.0. The van der Waals surface area contributed by atoms with Gasteiger partial charge in [0.2, 0.25) is 0 Å². The molecule has 5 nitrogen and oxygen atoms in total. The van der Waals surface area contributed by atoms with Gasteiger partial charge in [-0.1, -0.05) is 41.9 Å². The Bertz CT molecular complexity index is 1610. The van der Waals surface area contributed by atoms with Crippen LogP contribution in [-0.4, -0.2) is 40.3 Å². The van der Waals surface area contributed by atoms with Crippen LogP contribution in [0.4, 0.5) is 22.0 Å². The molecule has 0 spiro atoms. The predicted molar refractivity (Wildman–Crippen MR) is 149 cm³/mol. The summed E-state index contributed by atoms with van der Waals surface area (Å²) in [5.74, 6) is -1.10. The summed E-state index contributed by atoms with van der Waals surface area (Å²) in [7, 11) is 0. The number of rotatable bonds is 6. The van der Waals surface area contributed by atoms with Crippen LogP contribution in [0.2, 0.25) is 5.02 Å². The third-order valence-electron chi connectivity index (χ3n) is 7.37. The van der Waals surface area contributed by atoms with E-state index < -0.39 is 41.2 Å². The minimum atomic E-state index is -4.91. The number of nitrogens with zero attached hydrogens (tertiary/aromatic N) is 2. The first-order valence-corrected chi connectivity index (χ1v) is 13.6. The number of para-hydroxylation sites is 1. The number of alkyl halides is 5. The number of amides is 2. The second-order valence-corrected chi connectivity index (χ2v) is 10.6. The van der Waals surface area contributed by atoms with Gasteiger partial charge in [-0.05, 0) is 67.3 Å². The van der Waals surface area contributed by atoms with Gasteiger partial charge in [-0.2, -0.15) is 13.2 Å². The van der Waals surface area contributed by atoms with E-state index in [1.807, 2.05) is 6.07 Å². The Labute approximate surface area is 243 Å². The first-order valence-electron chi connectivity index (χ1n) is 13.2. The number of hydrogen-bond donors (Lipinski definition) is 1. The topological polar surface area (TPSA) is 62.3 Å². The maximum atomic E-state index is 13.6. The van der Waals surface area contributed by atoms with Gasteiger partial charge in [-0.25, -0.2) is 8.78 Å². The average molecular weight is 602 g/mol. The third kappa shape index (κ3) is 6.54. The van der Waals surface area contributed by atoms with Crippen molar-refractivity contribution in [2.75, 3.05) is 6.54 Å². The summed E-state index contributed by atoms with van der Waals surface area (Å²) in [4.78, 5) is 32.6. The summed E-state index contributed by atoms with van der Waals surface area (Å²) < 4.78 is 67.5. The smallest absolute Gasteiger partial charge is 0.349 e. The van der Waals surface area contributed by atoms with Crippen LogP contribution in [0, 0.1) is 0 Å². The SMILES string of the molecule is O=C(N[C@H]1CCN(C(=O)c2cc(C(F)F)cc(C(F)(F)F)c2)[C@H](Cc2ccc(Cl)cc2)C1)c1ccnc2ccccc12. The number of halogens is 6. The van der Waals surface area contributed by atoms with Crippen LogP contribution >= 0.6 is 11.6 Å². The number of likely N-dealkylation sites (tertiary alicyclic amines) is 1. The Kier molecular flexibility index (Phi) is 8.45. The van der Waals surface area contributed by atoms with Gasteiger partial charge in [0.15, 0.2) is 0 Å². The molecule has 0 saturated carbocycles. The van der Waals surface area contributed by atoms with E-state index in [1.165, 1.54) is 4.90 Å². The minimum absolute atomic E-state index is 0.0966. The molecule has 1 aliphatic heterocycles. The highest BCUT2D eigenvalue weighted by Gasteiger charge is 2.36. The molecule has 1 N–H and O–H groups in total. The Morgan fingerprint density at radius 2 is 1.76 bits per heavy atom. The van der Waals surface area contributed by atoms with Crippen molar-refractivity contribution in [3.8, 4) is 0 Å². The van der Waals surface area contributed by atoms with Crippen molar-refractivity contribution < 1.29 is 31.5 Å². The summed E-state index contributed by atoms with van der Waals surface area (Å²) >= 11 is 6.02. The third-order valence-corrected chi connectivity index (χ3v) is 7.62. The molecule has 1 aliphatic rings. The number of carbonyl (C=O) groups excluding carboxylic acids is 2. The lowest BCUT2D eigenvalue weighted by Crippen LogP contribution is -2.52. The number of carbonyl (C=O) groups is 2. The fraction of sp³-hybridized carbons (Fsp3) is 0.258. The van der Waals surface area contributed by atoms with Gasteiger partial charge in [0.25, 0.3) is 18.2 Å². The zero-order valence-corrected chi connectivity index (χ0v) is 22.8. The molecule has 1 aromatic heterocycles. The first kappa shape index (κ1) is 29.4. The van der Waals surface area contributed by atoms with Crippen LogP contribution in [-0.2, 0) is 12.6 Å². The van der Waals surface area contributed by atoms with Gasteiger partial charge >= 0.3 is 6.18 Å². The van der Waals surface area contributed by atoms with Crippen molar-refractivity contribution in [2.45, 2.75) is 43.9 Å². The van der Waals surface area contributed by atoms with Gasteiger partial charge in [0.1, 0.15) is 0 Å². The molecule has 0 radical (unpaired) electrons.